The van der Waals surface area contributed by atoms with E-state index in [-0.39, 0.29) is 5.88 Å². The van der Waals surface area contributed by atoms with E-state index in [2.05, 4.69) is 51.9 Å². The highest BCUT2D eigenvalue weighted by Gasteiger charge is 2.20. The number of benzene rings is 1. The van der Waals surface area contributed by atoms with Crippen molar-refractivity contribution in [1.82, 2.24) is 9.78 Å². The Kier molecular flexibility index (Phi) is 4.71. The van der Waals surface area contributed by atoms with Crippen LogP contribution in [0.15, 0.2) is 24.3 Å². The molecule has 3 nitrogen and oxygen atoms in total. The van der Waals surface area contributed by atoms with Gasteiger partial charge in [-0.15, -0.1) is 5.10 Å². The maximum atomic E-state index is 10.3. The molecule has 0 saturated carbocycles. The predicted octanol–water partition coefficient (Wildman–Crippen LogP) is 4.28. The summed E-state index contributed by atoms with van der Waals surface area (Å²) in [5.74, 6) is 1.20. The van der Waals surface area contributed by atoms with E-state index in [9.17, 15) is 5.11 Å². The van der Waals surface area contributed by atoms with Gasteiger partial charge in [0.1, 0.15) is 0 Å². The molecule has 1 N–H and O–H groups in total. The number of hydrogen-bond donors (Lipinski definition) is 1. The van der Waals surface area contributed by atoms with Gasteiger partial charge in [-0.3, -0.25) is 0 Å². The summed E-state index contributed by atoms with van der Waals surface area (Å²) < 4.78 is 1.92. The molecule has 0 fully saturated rings. The largest absolute Gasteiger partial charge is 0.492 e. The molecule has 1 aromatic carbocycles. The minimum absolute atomic E-state index is 0.181. The molecule has 0 aliphatic carbocycles. The van der Waals surface area contributed by atoms with Crippen molar-refractivity contribution in [2.24, 2.45) is 11.8 Å². The van der Waals surface area contributed by atoms with Crippen LogP contribution in [0.5, 0.6) is 5.88 Å². The van der Waals surface area contributed by atoms with Crippen LogP contribution in [0.25, 0.3) is 5.69 Å². The average molecular weight is 286 g/mol. The summed E-state index contributed by atoms with van der Waals surface area (Å²) in [5, 5.41) is 14.7. The van der Waals surface area contributed by atoms with Crippen LogP contribution in [0.3, 0.4) is 0 Å². The molecule has 2 rings (SSSR count). The molecule has 0 spiro atoms. The first-order valence-electron chi connectivity index (χ1n) is 7.75. The molecule has 0 saturated heterocycles. The second-order valence-corrected chi connectivity index (χ2v) is 6.70. The zero-order valence-corrected chi connectivity index (χ0v) is 13.7. The fourth-order valence-corrected chi connectivity index (χ4v) is 2.66. The van der Waals surface area contributed by atoms with Gasteiger partial charge in [-0.1, -0.05) is 39.8 Å². The number of hydrogen-bond acceptors (Lipinski definition) is 2. The van der Waals surface area contributed by atoms with E-state index >= 15 is 0 Å². The van der Waals surface area contributed by atoms with Crippen LogP contribution in [0, 0.1) is 18.8 Å². The molecule has 3 heteroatoms. The van der Waals surface area contributed by atoms with Gasteiger partial charge in [-0.25, -0.2) is 4.68 Å². The Morgan fingerprint density at radius 3 is 2.33 bits per heavy atom. The minimum Gasteiger partial charge on any atom is -0.492 e. The SMILES string of the molecule is Cc1cccc(-n2nc(O)c(CC(C)C)c2CC(C)C)c1. The number of aromatic nitrogens is 2. The zero-order chi connectivity index (χ0) is 15.6. The zero-order valence-electron chi connectivity index (χ0n) is 13.7. The molecule has 21 heavy (non-hydrogen) atoms. The first kappa shape index (κ1) is 15.6. The van der Waals surface area contributed by atoms with E-state index in [1.54, 1.807) is 0 Å². The quantitative estimate of drug-likeness (QED) is 0.890. The molecule has 0 atom stereocenters. The maximum absolute atomic E-state index is 10.3. The van der Waals surface area contributed by atoms with Crippen LogP contribution in [-0.2, 0) is 12.8 Å². The van der Waals surface area contributed by atoms with Crippen molar-refractivity contribution in [3.05, 3.63) is 41.1 Å². The van der Waals surface area contributed by atoms with Crippen molar-refractivity contribution < 1.29 is 5.11 Å². The second kappa shape index (κ2) is 6.33. The standard InChI is InChI=1S/C18H26N2O/c1-12(2)9-16-17(10-13(3)4)20(19-18(16)21)15-8-6-7-14(5)11-15/h6-8,11-13H,9-10H2,1-5H3,(H,19,21). The van der Waals surface area contributed by atoms with Crippen molar-refractivity contribution in [3.63, 3.8) is 0 Å². The molecular formula is C18H26N2O. The smallest absolute Gasteiger partial charge is 0.234 e. The number of aryl methyl sites for hydroxylation is 1. The first-order chi connectivity index (χ1) is 9.88. The summed E-state index contributed by atoms with van der Waals surface area (Å²) in [6, 6.07) is 8.26. The van der Waals surface area contributed by atoms with Gasteiger partial charge in [-0.05, 0) is 49.3 Å². The van der Waals surface area contributed by atoms with E-state index in [0.717, 1.165) is 29.8 Å². The topological polar surface area (TPSA) is 38.0 Å². The predicted molar refractivity (Wildman–Crippen MR) is 87.0 cm³/mol. The molecular weight excluding hydrogens is 260 g/mol. The molecule has 114 valence electrons. The van der Waals surface area contributed by atoms with Crippen LogP contribution in [-0.4, -0.2) is 14.9 Å². The van der Waals surface area contributed by atoms with Crippen LogP contribution >= 0.6 is 0 Å². The summed E-state index contributed by atoms with van der Waals surface area (Å²) >= 11 is 0. The Hall–Kier alpha value is -1.77. The molecule has 0 aliphatic heterocycles. The van der Waals surface area contributed by atoms with Gasteiger partial charge < -0.3 is 5.11 Å². The lowest BCUT2D eigenvalue weighted by Gasteiger charge is -2.13. The van der Waals surface area contributed by atoms with E-state index in [1.807, 2.05) is 16.8 Å². The summed E-state index contributed by atoms with van der Waals surface area (Å²) in [7, 11) is 0. The van der Waals surface area contributed by atoms with Gasteiger partial charge in [0, 0.05) is 5.56 Å². The Morgan fingerprint density at radius 1 is 1.10 bits per heavy atom. The van der Waals surface area contributed by atoms with Crippen LogP contribution in [0.2, 0.25) is 0 Å². The molecule has 0 bridgehead atoms. The van der Waals surface area contributed by atoms with Crippen molar-refractivity contribution in [3.8, 4) is 11.6 Å². The fourth-order valence-electron chi connectivity index (χ4n) is 2.66. The summed E-state index contributed by atoms with van der Waals surface area (Å²) in [4.78, 5) is 0. The van der Waals surface area contributed by atoms with Gasteiger partial charge in [-0.2, -0.15) is 0 Å². The lowest BCUT2D eigenvalue weighted by molar-refractivity contribution is 0.438. The van der Waals surface area contributed by atoms with Gasteiger partial charge in [0.2, 0.25) is 5.88 Å². The molecule has 1 aromatic heterocycles. The average Bonchev–Trinajstić information content (AvgIpc) is 2.66. The number of rotatable bonds is 5. The van der Waals surface area contributed by atoms with Crippen molar-refractivity contribution in [2.45, 2.75) is 47.5 Å². The van der Waals surface area contributed by atoms with Crippen molar-refractivity contribution in [2.75, 3.05) is 0 Å². The third kappa shape index (κ3) is 3.66. The van der Waals surface area contributed by atoms with Gasteiger partial charge in [0.25, 0.3) is 0 Å². The number of nitrogens with zero attached hydrogens (tertiary/aromatic N) is 2. The fraction of sp³-hybridized carbons (Fsp3) is 0.500. The van der Waals surface area contributed by atoms with Crippen LogP contribution < -0.4 is 0 Å². The Bertz CT molecular complexity index is 612. The lowest BCUT2D eigenvalue weighted by Crippen LogP contribution is -2.08. The Balaban J connectivity index is 2.54. The van der Waals surface area contributed by atoms with Crippen molar-refractivity contribution >= 4 is 0 Å². The monoisotopic (exact) mass is 286 g/mol. The third-order valence-corrected chi connectivity index (χ3v) is 3.53. The van der Waals surface area contributed by atoms with E-state index in [4.69, 9.17) is 0 Å². The minimum atomic E-state index is 0.181. The molecule has 0 radical (unpaired) electrons. The van der Waals surface area contributed by atoms with E-state index < -0.39 is 0 Å². The highest BCUT2D eigenvalue weighted by Crippen LogP contribution is 2.28. The van der Waals surface area contributed by atoms with E-state index in [0.29, 0.717) is 11.8 Å². The van der Waals surface area contributed by atoms with Gasteiger partial charge in [0.05, 0.1) is 11.4 Å². The second-order valence-electron chi connectivity index (χ2n) is 6.70. The summed E-state index contributed by atoms with van der Waals surface area (Å²) in [6.07, 6.45) is 1.78. The van der Waals surface area contributed by atoms with Gasteiger partial charge in [0.15, 0.2) is 0 Å². The summed E-state index contributed by atoms with van der Waals surface area (Å²) in [5.41, 5.74) is 4.36. The number of aromatic hydroxyl groups is 1. The normalized spacial score (nSPS) is 11.6. The van der Waals surface area contributed by atoms with Gasteiger partial charge >= 0.3 is 0 Å². The summed E-state index contributed by atoms with van der Waals surface area (Å²) in [6.45, 7) is 10.8. The lowest BCUT2D eigenvalue weighted by atomic mass is 9.98. The highest BCUT2D eigenvalue weighted by atomic mass is 16.3. The van der Waals surface area contributed by atoms with Crippen LogP contribution in [0.1, 0.15) is 44.5 Å². The first-order valence-corrected chi connectivity index (χ1v) is 7.75. The maximum Gasteiger partial charge on any atom is 0.234 e. The third-order valence-electron chi connectivity index (χ3n) is 3.53. The van der Waals surface area contributed by atoms with Crippen molar-refractivity contribution in [1.29, 1.82) is 0 Å². The van der Waals surface area contributed by atoms with E-state index in [1.165, 1.54) is 5.56 Å². The van der Waals surface area contributed by atoms with Crippen LogP contribution in [0.4, 0.5) is 0 Å². The molecule has 0 aliphatic rings. The molecule has 0 unspecified atom stereocenters. The molecule has 1 heterocycles. The molecule has 0 amide bonds. The molecule has 2 aromatic rings. The Morgan fingerprint density at radius 2 is 1.76 bits per heavy atom. The highest BCUT2D eigenvalue weighted by molar-refractivity contribution is 5.41. The Labute approximate surface area is 127 Å².